The topological polar surface area (TPSA) is 65.8 Å². The number of hydrogen-bond donors (Lipinski definition) is 0. The molecule has 0 atom stereocenters. The second-order valence-electron chi connectivity index (χ2n) is 7.18. The third kappa shape index (κ3) is 2.68. The van der Waals surface area contributed by atoms with Crippen molar-refractivity contribution in [3.8, 4) is 22.6 Å². The molecular formula is C22H16Cl2N4O2. The van der Waals surface area contributed by atoms with Gasteiger partial charge in [-0.3, -0.25) is 9.36 Å². The average molecular weight is 439 g/mol. The summed E-state index contributed by atoms with van der Waals surface area (Å²) in [6, 6.07) is 12.7. The molecule has 0 radical (unpaired) electrons. The normalized spacial score (nSPS) is 11.6. The third-order valence-electron chi connectivity index (χ3n) is 5.37. The van der Waals surface area contributed by atoms with E-state index in [0.29, 0.717) is 21.8 Å². The van der Waals surface area contributed by atoms with Crippen molar-refractivity contribution in [2.75, 3.05) is 0 Å². The first kappa shape index (κ1) is 18.9. The van der Waals surface area contributed by atoms with Gasteiger partial charge in [0.1, 0.15) is 5.65 Å². The monoisotopic (exact) mass is 438 g/mol. The minimum Gasteiger partial charge on any atom is -0.334 e. The summed E-state index contributed by atoms with van der Waals surface area (Å²) in [4.78, 5) is 16.7. The Morgan fingerprint density at radius 2 is 1.73 bits per heavy atom. The Balaban J connectivity index is 2.03. The van der Waals surface area contributed by atoms with Crippen molar-refractivity contribution >= 4 is 45.1 Å². The van der Waals surface area contributed by atoms with Gasteiger partial charge in [0.25, 0.3) is 11.4 Å². The van der Waals surface area contributed by atoms with Gasteiger partial charge in [-0.2, -0.15) is 4.98 Å². The molecule has 5 aromatic rings. The van der Waals surface area contributed by atoms with Crippen LogP contribution >= 0.6 is 23.2 Å². The van der Waals surface area contributed by atoms with Gasteiger partial charge in [-0.15, -0.1) is 0 Å². The van der Waals surface area contributed by atoms with E-state index in [2.05, 4.69) is 10.1 Å². The van der Waals surface area contributed by atoms with E-state index in [1.807, 2.05) is 35.9 Å². The van der Waals surface area contributed by atoms with Crippen LogP contribution in [-0.4, -0.2) is 19.3 Å². The summed E-state index contributed by atoms with van der Waals surface area (Å²) in [5.41, 5.74) is 4.08. The molecule has 8 heteroatoms. The molecule has 3 aromatic heterocycles. The van der Waals surface area contributed by atoms with Crippen LogP contribution in [0, 0.1) is 6.92 Å². The zero-order valence-corrected chi connectivity index (χ0v) is 17.9. The van der Waals surface area contributed by atoms with Crippen LogP contribution in [0.2, 0.25) is 10.0 Å². The standard InChI is InChI=1S/C22H16Cl2N4O2/c1-11-25-21(30-26-11)14-6-8-17-20(19(14)13-5-4-12(23)10-16(13)24)15-7-9-18(29)28(3)22(15)27(17)2/h4-10H,1-3H3. The maximum Gasteiger partial charge on any atom is 0.258 e. The Bertz CT molecular complexity index is 1530. The molecule has 0 bridgehead atoms. The summed E-state index contributed by atoms with van der Waals surface area (Å²) in [5, 5.41) is 6.87. The summed E-state index contributed by atoms with van der Waals surface area (Å²) in [6.07, 6.45) is 0. The van der Waals surface area contributed by atoms with Gasteiger partial charge < -0.3 is 9.09 Å². The highest BCUT2D eigenvalue weighted by Crippen LogP contribution is 2.44. The number of benzene rings is 2. The van der Waals surface area contributed by atoms with Crippen molar-refractivity contribution in [2.24, 2.45) is 14.1 Å². The summed E-state index contributed by atoms with van der Waals surface area (Å²) < 4.78 is 9.13. The first-order valence-corrected chi connectivity index (χ1v) is 9.99. The zero-order chi connectivity index (χ0) is 21.2. The quantitative estimate of drug-likeness (QED) is 0.371. The zero-order valence-electron chi connectivity index (χ0n) is 16.4. The van der Waals surface area contributed by atoms with E-state index >= 15 is 0 Å². The maximum absolute atomic E-state index is 12.3. The predicted molar refractivity (Wildman–Crippen MR) is 119 cm³/mol. The lowest BCUT2D eigenvalue weighted by atomic mass is 9.94. The number of aromatic nitrogens is 4. The molecule has 0 N–H and O–H groups in total. The second-order valence-corrected chi connectivity index (χ2v) is 8.02. The van der Waals surface area contributed by atoms with Crippen LogP contribution in [0.1, 0.15) is 5.82 Å². The van der Waals surface area contributed by atoms with Crippen LogP contribution < -0.4 is 5.56 Å². The lowest BCUT2D eigenvalue weighted by Crippen LogP contribution is -2.16. The van der Waals surface area contributed by atoms with Gasteiger partial charge in [0.05, 0.1) is 5.52 Å². The Morgan fingerprint density at radius 3 is 2.43 bits per heavy atom. The van der Waals surface area contributed by atoms with Gasteiger partial charge in [-0.1, -0.05) is 34.4 Å². The third-order valence-corrected chi connectivity index (χ3v) is 5.92. The Labute approximate surface area is 181 Å². The minimum absolute atomic E-state index is 0.0766. The SMILES string of the molecule is Cc1noc(-c2ccc3c(c2-c2ccc(Cl)cc2Cl)c2ccc(=O)n(C)c2n3C)n1. The molecule has 6 nitrogen and oxygen atoms in total. The molecule has 0 amide bonds. The summed E-state index contributed by atoms with van der Waals surface area (Å²) in [5.74, 6) is 0.941. The first-order valence-electron chi connectivity index (χ1n) is 9.24. The number of pyridine rings is 1. The highest BCUT2D eigenvalue weighted by Gasteiger charge is 2.23. The van der Waals surface area contributed by atoms with E-state index in [0.717, 1.165) is 38.6 Å². The fourth-order valence-electron chi connectivity index (χ4n) is 4.04. The molecular weight excluding hydrogens is 423 g/mol. The Hall–Kier alpha value is -3.09. The fourth-order valence-corrected chi connectivity index (χ4v) is 4.54. The van der Waals surface area contributed by atoms with Crippen LogP contribution in [0.15, 0.2) is 51.8 Å². The summed E-state index contributed by atoms with van der Waals surface area (Å²) in [7, 11) is 3.70. The smallest absolute Gasteiger partial charge is 0.258 e. The molecule has 0 fully saturated rings. The molecule has 0 aliphatic rings. The van der Waals surface area contributed by atoms with Crippen LogP contribution in [0.5, 0.6) is 0 Å². The molecule has 0 spiro atoms. The minimum atomic E-state index is -0.0766. The molecule has 0 saturated carbocycles. The van der Waals surface area contributed by atoms with E-state index in [-0.39, 0.29) is 5.56 Å². The van der Waals surface area contributed by atoms with Gasteiger partial charge in [0, 0.05) is 57.7 Å². The molecule has 0 unspecified atom stereocenters. The lowest BCUT2D eigenvalue weighted by molar-refractivity contribution is 0.426. The molecule has 0 saturated heterocycles. The van der Waals surface area contributed by atoms with Crippen molar-refractivity contribution in [1.29, 1.82) is 0 Å². The molecule has 2 aromatic carbocycles. The van der Waals surface area contributed by atoms with Gasteiger partial charge >= 0.3 is 0 Å². The highest BCUT2D eigenvalue weighted by molar-refractivity contribution is 6.37. The Kier molecular flexibility index (Phi) is 4.24. The van der Waals surface area contributed by atoms with Crippen LogP contribution in [0.4, 0.5) is 0 Å². The molecule has 30 heavy (non-hydrogen) atoms. The lowest BCUT2D eigenvalue weighted by Gasteiger charge is -2.12. The van der Waals surface area contributed by atoms with Gasteiger partial charge in [-0.05, 0) is 37.3 Å². The van der Waals surface area contributed by atoms with Crippen molar-refractivity contribution in [3.63, 3.8) is 0 Å². The fraction of sp³-hybridized carbons (Fsp3) is 0.136. The number of hydrogen-bond acceptors (Lipinski definition) is 4. The number of nitrogens with zero attached hydrogens (tertiary/aromatic N) is 4. The Morgan fingerprint density at radius 1 is 0.967 bits per heavy atom. The van der Waals surface area contributed by atoms with Crippen LogP contribution in [-0.2, 0) is 14.1 Å². The van der Waals surface area contributed by atoms with Gasteiger partial charge in [0.15, 0.2) is 5.82 Å². The number of fused-ring (bicyclic) bond motifs is 3. The van der Waals surface area contributed by atoms with E-state index in [4.69, 9.17) is 27.7 Å². The average Bonchev–Trinajstić information content (AvgIpc) is 3.26. The van der Waals surface area contributed by atoms with E-state index < -0.39 is 0 Å². The van der Waals surface area contributed by atoms with Crippen molar-refractivity contribution in [1.82, 2.24) is 19.3 Å². The predicted octanol–water partition coefficient (Wildman–Crippen LogP) is 5.36. The number of aryl methyl sites for hydroxylation is 3. The molecule has 3 heterocycles. The van der Waals surface area contributed by atoms with E-state index in [9.17, 15) is 4.79 Å². The molecule has 0 aliphatic carbocycles. The van der Waals surface area contributed by atoms with Gasteiger partial charge in [0.2, 0.25) is 0 Å². The number of rotatable bonds is 2. The van der Waals surface area contributed by atoms with Crippen molar-refractivity contribution in [3.05, 3.63) is 68.7 Å². The van der Waals surface area contributed by atoms with Gasteiger partial charge in [-0.25, -0.2) is 0 Å². The summed E-state index contributed by atoms with van der Waals surface area (Å²) in [6.45, 7) is 1.77. The van der Waals surface area contributed by atoms with Crippen molar-refractivity contribution < 1.29 is 4.52 Å². The molecule has 5 rings (SSSR count). The largest absolute Gasteiger partial charge is 0.334 e. The summed E-state index contributed by atoms with van der Waals surface area (Å²) >= 11 is 12.8. The number of halogens is 2. The maximum atomic E-state index is 12.3. The van der Waals surface area contributed by atoms with Crippen LogP contribution in [0.3, 0.4) is 0 Å². The highest BCUT2D eigenvalue weighted by atomic mass is 35.5. The van der Waals surface area contributed by atoms with Crippen LogP contribution in [0.25, 0.3) is 44.5 Å². The van der Waals surface area contributed by atoms with Crippen molar-refractivity contribution in [2.45, 2.75) is 6.92 Å². The molecule has 150 valence electrons. The van der Waals surface area contributed by atoms with E-state index in [1.54, 1.807) is 36.7 Å². The second kappa shape index (κ2) is 6.72. The van der Waals surface area contributed by atoms with E-state index in [1.165, 1.54) is 0 Å². The first-order chi connectivity index (χ1) is 14.4. The molecule has 0 aliphatic heterocycles.